The third-order valence-electron chi connectivity index (χ3n) is 5.57. The predicted octanol–water partition coefficient (Wildman–Crippen LogP) is 3.17. The van der Waals surface area contributed by atoms with E-state index in [9.17, 15) is 14.4 Å². The number of nitrogens with zero attached hydrogens (tertiary/aromatic N) is 2. The fourth-order valence-corrected chi connectivity index (χ4v) is 3.79. The quantitative estimate of drug-likeness (QED) is 0.489. The van der Waals surface area contributed by atoms with Gasteiger partial charge in [-0.15, -0.1) is 0 Å². The number of hydrazone groups is 1. The lowest BCUT2D eigenvalue weighted by Crippen LogP contribution is -2.45. The van der Waals surface area contributed by atoms with Gasteiger partial charge in [0.2, 0.25) is 5.91 Å². The lowest BCUT2D eigenvalue weighted by Gasteiger charge is -2.25. The van der Waals surface area contributed by atoms with E-state index >= 15 is 0 Å². The first-order valence-electron chi connectivity index (χ1n) is 9.69. The van der Waals surface area contributed by atoms with Gasteiger partial charge in [-0.1, -0.05) is 6.42 Å². The van der Waals surface area contributed by atoms with E-state index in [0.717, 1.165) is 24.8 Å². The first-order chi connectivity index (χ1) is 13.3. The van der Waals surface area contributed by atoms with Crippen LogP contribution in [0.2, 0.25) is 0 Å². The Morgan fingerprint density at radius 1 is 1.21 bits per heavy atom. The van der Waals surface area contributed by atoms with Crippen LogP contribution in [0.25, 0.3) is 0 Å². The van der Waals surface area contributed by atoms with Gasteiger partial charge in [-0.2, -0.15) is 5.10 Å². The van der Waals surface area contributed by atoms with Gasteiger partial charge in [0, 0.05) is 12.1 Å². The maximum absolute atomic E-state index is 13.0. The number of esters is 1. The smallest absolute Gasteiger partial charge is 0.328 e. The van der Waals surface area contributed by atoms with E-state index in [2.05, 4.69) is 10.5 Å². The van der Waals surface area contributed by atoms with Crippen LogP contribution in [0, 0.1) is 0 Å². The van der Waals surface area contributed by atoms with Gasteiger partial charge in [0.1, 0.15) is 11.8 Å². The van der Waals surface area contributed by atoms with Crippen LogP contribution in [0.4, 0.5) is 11.4 Å². The van der Waals surface area contributed by atoms with Crippen molar-refractivity contribution >= 4 is 34.7 Å². The van der Waals surface area contributed by atoms with Crippen molar-refractivity contribution in [2.45, 2.75) is 64.3 Å². The van der Waals surface area contributed by atoms with Crippen LogP contribution in [0.3, 0.4) is 0 Å². The number of amides is 1. The van der Waals surface area contributed by atoms with Crippen molar-refractivity contribution < 1.29 is 19.1 Å². The van der Waals surface area contributed by atoms with E-state index in [0.29, 0.717) is 29.9 Å². The van der Waals surface area contributed by atoms with Crippen LogP contribution in [0.5, 0.6) is 0 Å². The molecule has 1 aromatic carbocycles. The van der Waals surface area contributed by atoms with Gasteiger partial charge in [-0.25, -0.2) is 4.79 Å². The highest BCUT2D eigenvalue weighted by molar-refractivity contribution is 6.40. The normalized spacial score (nSPS) is 21.3. The number of methoxy groups -OCH3 is 1. The molecular formula is C21H27N3O4. The zero-order valence-corrected chi connectivity index (χ0v) is 16.9. The molecule has 0 aromatic heterocycles. The maximum Gasteiger partial charge on any atom is 0.328 e. The molecule has 28 heavy (non-hydrogen) atoms. The third kappa shape index (κ3) is 3.53. The molecule has 2 aliphatic rings. The second kappa shape index (κ2) is 7.73. The number of anilines is 2. The van der Waals surface area contributed by atoms with Crippen molar-refractivity contribution in [2.24, 2.45) is 5.10 Å². The summed E-state index contributed by atoms with van der Waals surface area (Å²) < 4.78 is 4.81. The first-order valence-corrected chi connectivity index (χ1v) is 9.69. The molecule has 1 heterocycles. The molecule has 1 fully saturated rings. The largest absolute Gasteiger partial charge is 0.467 e. The molecule has 1 aliphatic heterocycles. The molecule has 1 atom stereocenters. The van der Waals surface area contributed by atoms with Gasteiger partial charge >= 0.3 is 5.97 Å². The van der Waals surface area contributed by atoms with Crippen LogP contribution in [0.15, 0.2) is 23.3 Å². The van der Waals surface area contributed by atoms with Crippen molar-refractivity contribution in [3.8, 4) is 0 Å². The Hall–Kier alpha value is -2.70. The number of ketones is 1. The summed E-state index contributed by atoms with van der Waals surface area (Å²) in [5, 5.41) is 4.33. The fraction of sp³-hybridized carbons (Fsp3) is 0.524. The molecule has 0 bridgehead atoms. The molecule has 1 unspecified atom stereocenters. The SMILES string of the molecule is COC(=O)C(C)N1C(=O)C(C)(C)c2cc(N/N=C3\CCCCCC3=O)ccc21. The molecular weight excluding hydrogens is 358 g/mol. The molecule has 0 saturated heterocycles. The molecule has 1 saturated carbocycles. The second-order valence-corrected chi connectivity index (χ2v) is 7.89. The minimum atomic E-state index is -0.777. The summed E-state index contributed by atoms with van der Waals surface area (Å²) in [5.74, 6) is -0.514. The Morgan fingerprint density at radius 2 is 1.93 bits per heavy atom. The molecule has 0 radical (unpaired) electrons. The average Bonchev–Trinajstić information content (AvgIpc) is 2.81. The molecule has 1 amide bonds. The zero-order chi connectivity index (χ0) is 20.5. The van der Waals surface area contributed by atoms with E-state index in [-0.39, 0.29) is 11.7 Å². The summed E-state index contributed by atoms with van der Waals surface area (Å²) in [5.41, 5.74) is 4.99. The summed E-state index contributed by atoms with van der Waals surface area (Å²) in [7, 11) is 1.31. The molecule has 150 valence electrons. The Bertz CT molecular complexity index is 844. The van der Waals surface area contributed by atoms with Crippen LogP contribution >= 0.6 is 0 Å². The number of Topliss-reactive ketones (excluding diaryl/α,β-unsaturated/α-hetero) is 1. The van der Waals surface area contributed by atoms with E-state index in [1.807, 2.05) is 19.9 Å². The highest BCUT2D eigenvalue weighted by atomic mass is 16.5. The van der Waals surface area contributed by atoms with Crippen LogP contribution < -0.4 is 10.3 Å². The van der Waals surface area contributed by atoms with Crippen molar-refractivity contribution in [2.75, 3.05) is 17.4 Å². The predicted molar refractivity (Wildman–Crippen MR) is 108 cm³/mol. The van der Waals surface area contributed by atoms with E-state index in [1.54, 1.807) is 19.1 Å². The molecule has 1 N–H and O–H groups in total. The lowest BCUT2D eigenvalue weighted by molar-refractivity contribution is -0.143. The summed E-state index contributed by atoms with van der Waals surface area (Å²) >= 11 is 0. The molecule has 3 rings (SSSR count). The monoisotopic (exact) mass is 385 g/mol. The van der Waals surface area contributed by atoms with Gasteiger partial charge in [0.05, 0.1) is 18.2 Å². The van der Waals surface area contributed by atoms with Gasteiger partial charge in [0.25, 0.3) is 0 Å². The van der Waals surface area contributed by atoms with Crippen molar-refractivity contribution in [3.05, 3.63) is 23.8 Å². The fourth-order valence-electron chi connectivity index (χ4n) is 3.79. The summed E-state index contributed by atoms with van der Waals surface area (Å²) in [6, 6.07) is 4.76. The number of hydrogen-bond acceptors (Lipinski definition) is 6. The van der Waals surface area contributed by atoms with Gasteiger partial charge < -0.3 is 4.74 Å². The highest BCUT2D eigenvalue weighted by Crippen LogP contribution is 2.43. The summed E-state index contributed by atoms with van der Waals surface area (Å²) in [4.78, 5) is 38.6. The Balaban J connectivity index is 1.90. The van der Waals surface area contributed by atoms with Gasteiger partial charge in [-0.3, -0.25) is 19.9 Å². The third-order valence-corrected chi connectivity index (χ3v) is 5.57. The van der Waals surface area contributed by atoms with Crippen LogP contribution in [-0.2, 0) is 24.5 Å². The summed E-state index contributed by atoms with van der Waals surface area (Å²) in [6.45, 7) is 5.33. The molecule has 7 nitrogen and oxygen atoms in total. The molecule has 7 heteroatoms. The van der Waals surface area contributed by atoms with Crippen LogP contribution in [0.1, 0.15) is 58.4 Å². The number of fused-ring (bicyclic) bond motifs is 1. The lowest BCUT2D eigenvalue weighted by atomic mass is 9.86. The van der Waals surface area contributed by atoms with Gasteiger partial charge in [0.15, 0.2) is 5.78 Å². The van der Waals surface area contributed by atoms with Crippen molar-refractivity contribution in [1.29, 1.82) is 0 Å². The van der Waals surface area contributed by atoms with Gasteiger partial charge in [-0.05, 0) is 63.8 Å². The zero-order valence-electron chi connectivity index (χ0n) is 16.9. The van der Waals surface area contributed by atoms with Crippen molar-refractivity contribution in [1.82, 2.24) is 0 Å². The second-order valence-electron chi connectivity index (χ2n) is 7.89. The van der Waals surface area contributed by atoms with Crippen LogP contribution in [-0.4, -0.2) is 36.5 Å². The Morgan fingerprint density at radius 3 is 2.64 bits per heavy atom. The van der Waals surface area contributed by atoms with E-state index in [4.69, 9.17) is 4.74 Å². The number of rotatable bonds is 4. The van der Waals surface area contributed by atoms with Crippen molar-refractivity contribution in [3.63, 3.8) is 0 Å². The first kappa shape index (κ1) is 20.0. The minimum Gasteiger partial charge on any atom is -0.467 e. The average molecular weight is 385 g/mol. The molecule has 1 aliphatic carbocycles. The number of benzene rings is 1. The topological polar surface area (TPSA) is 88.1 Å². The number of hydrogen-bond donors (Lipinski definition) is 1. The molecule has 1 aromatic rings. The maximum atomic E-state index is 13.0. The Kier molecular flexibility index (Phi) is 5.54. The Labute approximate surface area is 165 Å². The highest BCUT2D eigenvalue weighted by Gasteiger charge is 2.47. The van der Waals surface area contributed by atoms with E-state index in [1.165, 1.54) is 12.0 Å². The number of ether oxygens (including phenoxy) is 1. The van der Waals surface area contributed by atoms with E-state index < -0.39 is 17.4 Å². The standard InChI is InChI=1S/C21H27N3O4/c1-13(19(26)28-4)24-17-11-10-14(12-15(17)21(2,3)20(24)27)22-23-16-8-6-5-7-9-18(16)25/h10-13,22H,5-9H2,1-4H3/b23-16+. The minimum absolute atomic E-state index is 0.0970. The summed E-state index contributed by atoms with van der Waals surface area (Å²) in [6.07, 6.45) is 4.17. The molecule has 0 spiro atoms. The number of carbonyl (C=O) groups excluding carboxylic acids is 3. The number of nitrogens with one attached hydrogen (secondary N) is 1. The number of carbonyl (C=O) groups is 3.